The van der Waals surface area contributed by atoms with Gasteiger partial charge in [0, 0.05) is 0 Å². The van der Waals surface area contributed by atoms with Gasteiger partial charge in [-0.2, -0.15) is 0 Å². The van der Waals surface area contributed by atoms with E-state index in [1.54, 1.807) is 0 Å². The number of unbranched alkanes of at least 4 members (excludes halogenated alkanes) is 2. The van der Waals surface area contributed by atoms with E-state index in [0.29, 0.717) is 17.8 Å². The summed E-state index contributed by atoms with van der Waals surface area (Å²) in [5.41, 5.74) is -0.0943. The van der Waals surface area contributed by atoms with Crippen LogP contribution in [0, 0.1) is 5.41 Å². The van der Waals surface area contributed by atoms with Gasteiger partial charge >= 0.3 is 5.97 Å². The summed E-state index contributed by atoms with van der Waals surface area (Å²) in [5, 5.41) is 0. The van der Waals surface area contributed by atoms with Gasteiger partial charge < -0.3 is 9.72 Å². The van der Waals surface area contributed by atoms with Crippen molar-refractivity contribution in [3.8, 4) is 0 Å². The lowest BCUT2D eigenvalue weighted by molar-refractivity contribution is -0.156. The Hall–Kier alpha value is -1.65. The molecule has 0 bridgehead atoms. The molecule has 0 aliphatic carbocycles. The molecule has 0 aromatic carbocycles. The molecule has 1 heterocycles. The first-order valence-corrected chi connectivity index (χ1v) is 6.66. The number of imidazole rings is 1. The topological polar surface area (TPSA) is 72.0 Å². The number of carbonyl (C=O) groups excluding carboxylic acids is 2. The summed E-state index contributed by atoms with van der Waals surface area (Å²) in [4.78, 5) is 29.2. The molecule has 0 unspecified atom stereocenters. The first kappa shape index (κ1) is 15.4. The van der Waals surface area contributed by atoms with E-state index in [0.717, 1.165) is 25.7 Å². The highest BCUT2D eigenvalue weighted by molar-refractivity contribution is 5.75. The molecule has 1 rings (SSSR count). The molecular formula is C14H22N2O3. The highest BCUT2D eigenvalue weighted by Crippen LogP contribution is 2.25. The fourth-order valence-electron chi connectivity index (χ4n) is 1.76. The smallest absolute Gasteiger partial charge is 0.311 e. The number of esters is 1. The first-order chi connectivity index (χ1) is 8.99. The van der Waals surface area contributed by atoms with Gasteiger partial charge in [0.15, 0.2) is 6.29 Å². The lowest BCUT2D eigenvalue weighted by atomic mass is 9.87. The lowest BCUT2D eigenvalue weighted by Gasteiger charge is -2.22. The quantitative estimate of drug-likeness (QED) is 0.446. The SMILES string of the molecule is CCCCCC(C)(C)C(=O)OCc1ncc(C=O)[nH]1. The summed E-state index contributed by atoms with van der Waals surface area (Å²) in [6, 6.07) is 0. The van der Waals surface area contributed by atoms with Crippen LogP contribution in [-0.4, -0.2) is 22.2 Å². The van der Waals surface area contributed by atoms with Crippen molar-refractivity contribution in [3.05, 3.63) is 17.7 Å². The number of aromatic amines is 1. The van der Waals surface area contributed by atoms with Gasteiger partial charge in [-0.15, -0.1) is 0 Å². The standard InChI is InChI=1S/C14H22N2O3/c1-4-5-6-7-14(2,3)13(18)19-10-12-15-8-11(9-17)16-12/h8-9H,4-7,10H2,1-3H3,(H,15,16). The highest BCUT2D eigenvalue weighted by atomic mass is 16.5. The fourth-order valence-corrected chi connectivity index (χ4v) is 1.76. The molecule has 5 heteroatoms. The Bertz CT molecular complexity index is 424. The fraction of sp³-hybridized carbons (Fsp3) is 0.643. The zero-order valence-corrected chi connectivity index (χ0v) is 11.9. The molecule has 0 aliphatic rings. The highest BCUT2D eigenvalue weighted by Gasteiger charge is 2.28. The summed E-state index contributed by atoms with van der Waals surface area (Å²) >= 11 is 0. The Labute approximate surface area is 113 Å². The summed E-state index contributed by atoms with van der Waals surface area (Å²) in [6.07, 6.45) is 6.19. The van der Waals surface area contributed by atoms with Crippen LogP contribution in [0.1, 0.15) is 62.8 Å². The van der Waals surface area contributed by atoms with Crippen molar-refractivity contribution in [2.45, 2.75) is 53.1 Å². The molecule has 0 radical (unpaired) electrons. The molecule has 0 fully saturated rings. The maximum atomic E-state index is 12.0. The number of rotatable bonds is 8. The van der Waals surface area contributed by atoms with Crippen molar-refractivity contribution in [1.29, 1.82) is 0 Å². The number of H-pyrrole nitrogens is 1. The Morgan fingerprint density at radius 1 is 1.47 bits per heavy atom. The van der Waals surface area contributed by atoms with Gasteiger partial charge in [-0.1, -0.05) is 26.2 Å². The largest absolute Gasteiger partial charge is 0.457 e. The van der Waals surface area contributed by atoms with E-state index in [-0.39, 0.29) is 12.6 Å². The number of aldehydes is 1. The predicted molar refractivity (Wildman–Crippen MR) is 71.7 cm³/mol. The third-order valence-corrected chi connectivity index (χ3v) is 3.07. The van der Waals surface area contributed by atoms with Crippen molar-refractivity contribution in [1.82, 2.24) is 9.97 Å². The first-order valence-electron chi connectivity index (χ1n) is 6.66. The third-order valence-electron chi connectivity index (χ3n) is 3.07. The minimum absolute atomic E-state index is 0.0733. The van der Waals surface area contributed by atoms with Crippen LogP contribution in [0.4, 0.5) is 0 Å². The van der Waals surface area contributed by atoms with Crippen LogP contribution < -0.4 is 0 Å². The molecule has 0 amide bonds. The van der Waals surface area contributed by atoms with Gasteiger partial charge in [-0.25, -0.2) is 4.98 Å². The van der Waals surface area contributed by atoms with Crippen LogP contribution in [0.5, 0.6) is 0 Å². The molecule has 106 valence electrons. The van der Waals surface area contributed by atoms with E-state index in [9.17, 15) is 9.59 Å². The Kier molecular flexibility index (Phi) is 5.73. The number of aromatic nitrogens is 2. The number of nitrogens with zero attached hydrogens (tertiary/aromatic N) is 1. The van der Waals surface area contributed by atoms with Gasteiger partial charge in [0.1, 0.15) is 12.4 Å². The third kappa shape index (κ3) is 4.85. The summed E-state index contributed by atoms with van der Waals surface area (Å²) < 4.78 is 5.23. The van der Waals surface area contributed by atoms with Gasteiger partial charge in [-0.05, 0) is 20.3 Å². The van der Waals surface area contributed by atoms with E-state index >= 15 is 0 Å². The molecule has 0 saturated carbocycles. The van der Waals surface area contributed by atoms with E-state index in [1.165, 1.54) is 6.20 Å². The van der Waals surface area contributed by atoms with E-state index in [2.05, 4.69) is 16.9 Å². The van der Waals surface area contributed by atoms with Crippen LogP contribution in [-0.2, 0) is 16.1 Å². The minimum atomic E-state index is -0.477. The van der Waals surface area contributed by atoms with Gasteiger partial charge in [0.25, 0.3) is 0 Å². The van der Waals surface area contributed by atoms with Crippen LogP contribution in [0.25, 0.3) is 0 Å². The normalized spacial score (nSPS) is 11.3. The van der Waals surface area contributed by atoms with Crippen molar-refractivity contribution in [2.75, 3.05) is 0 Å². The lowest BCUT2D eigenvalue weighted by Crippen LogP contribution is -2.26. The Balaban J connectivity index is 2.42. The second-order valence-corrected chi connectivity index (χ2v) is 5.32. The molecule has 19 heavy (non-hydrogen) atoms. The second-order valence-electron chi connectivity index (χ2n) is 5.32. The van der Waals surface area contributed by atoms with E-state index in [4.69, 9.17) is 4.74 Å². The molecule has 0 saturated heterocycles. The van der Waals surface area contributed by atoms with E-state index in [1.807, 2.05) is 13.8 Å². The number of ether oxygens (including phenoxy) is 1. The van der Waals surface area contributed by atoms with Crippen LogP contribution in [0.2, 0.25) is 0 Å². The monoisotopic (exact) mass is 266 g/mol. The zero-order chi connectivity index (χ0) is 14.3. The minimum Gasteiger partial charge on any atom is -0.457 e. The van der Waals surface area contributed by atoms with Gasteiger partial charge in [0.05, 0.1) is 17.3 Å². The van der Waals surface area contributed by atoms with Gasteiger partial charge in [0.2, 0.25) is 0 Å². The Morgan fingerprint density at radius 3 is 2.79 bits per heavy atom. The van der Waals surface area contributed by atoms with Crippen molar-refractivity contribution >= 4 is 12.3 Å². The maximum Gasteiger partial charge on any atom is 0.311 e. The molecular weight excluding hydrogens is 244 g/mol. The molecule has 0 aliphatic heterocycles. The number of nitrogens with one attached hydrogen (secondary N) is 1. The Morgan fingerprint density at radius 2 is 2.21 bits per heavy atom. The average molecular weight is 266 g/mol. The van der Waals surface area contributed by atoms with Crippen molar-refractivity contribution in [2.24, 2.45) is 5.41 Å². The predicted octanol–water partition coefficient (Wildman–Crippen LogP) is 2.87. The number of carbonyl (C=O) groups is 2. The average Bonchev–Trinajstić information content (AvgIpc) is 2.84. The van der Waals surface area contributed by atoms with Gasteiger partial charge in [-0.3, -0.25) is 9.59 Å². The molecule has 0 spiro atoms. The summed E-state index contributed by atoms with van der Waals surface area (Å²) in [7, 11) is 0. The molecule has 1 aromatic rings. The second kappa shape index (κ2) is 7.07. The molecule has 5 nitrogen and oxygen atoms in total. The maximum absolute atomic E-state index is 12.0. The molecule has 1 N–H and O–H groups in total. The summed E-state index contributed by atoms with van der Waals surface area (Å²) in [6.45, 7) is 5.99. The molecule has 0 atom stereocenters. The zero-order valence-electron chi connectivity index (χ0n) is 11.9. The van der Waals surface area contributed by atoms with Crippen LogP contribution >= 0.6 is 0 Å². The van der Waals surface area contributed by atoms with Crippen molar-refractivity contribution in [3.63, 3.8) is 0 Å². The van der Waals surface area contributed by atoms with E-state index < -0.39 is 5.41 Å². The molecule has 1 aromatic heterocycles. The number of hydrogen-bond donors (Lipinski definition) is 1. The van der Waals surface area contributed by atoms with Crippen molar-refractivity contribution < 1.29 is 14.3 Å². The summed E-state index contributed by atoms with van der Waals surface area (Å²) in [5.74, 6) is 0.257. The van der Waals surface area contributed by atoms with Crippen LogP contribution in [0.15, 0.2) is 6.20 Å². The van der Waals surface area contributed by atoms with Crippen LogP contribution in [0.3, 0.4) is 0 Å². The number of hydrogen-bond acceptors (Lipinski definition) is 4.